The first kappa shape index (κ1) is 17.8. The van der Waals surface area contributed by atoms with E-state index in [1.165, 1.54) is 13.8 Å². The van der Waals surface area contributed by atoms with E-state index in [0.29, 0.717) is 24.2 Å². The number of esters is 2. The lowest BCUT2D eigenvalue weighted by Crippen LogP contribution is -2.63. The summed E-state index contributed by atoms with van der Waals surface area (Å²) >= 11 is 1.58. The molecule has 0 aromatic heterocycles. The molecule has 0 radical (unpaired) electrons. The molecule has 7 heteroatoms. The van der Waals surface area contributed by atoms with Gasteiger partial charge in [0, 0.05) is 25.2 Å². The number of thioether (sulfide) groups is 1. The minimum Gasteiger partial charge on any atom is -0.461 e. The van der Waals surface area contributed by atoms with Crippen molar-refractivity contribution in [3.8, 4) is 0 Å². The van der Waals surface area contributed by atoms with Crippen molar-refractivity contribution in [1.82, 2.24) is 5.32 Å². The number of fused-ring (bicyclic) bond motifs is 2. The van der Waals surface area contributed by atoms with Gasteiger partial charge in [-0.25, -0.2) is 0 Å². The second-order valence-electron chi connectivity index (χ2n) is 6.47. The first-order valence-electron chi connectivity index (χ1n) is 8.25. The van der Waals surface area contributed by atoms with Crippen molar-refractivity contribution in [3.63, 3.8) is 0 Å². The minimum absolute atomic E-state index is 0.169. The summed E-state index contributed by atoms with van der Waals surface area (Å²) in [6.07, 6.45) is 0.395. The smallest absolute Gasteiger partial charge is 0.303 e. The molecule has 1 amide bonds. The van der Waals surface area contributed by atoms with Crippen LogP contribution in [-0.4, -0.2) is 46.6 Å². The van der Waals surface area contributed by atoms with Gasteiger partial charge in [0.25, 0.3) is 5.91 Å². The normalized spacial score (nSPS) is 30.4. The average molecular weight is 363 g/mol. The highest BCUT2D eigenvalue weighted by Crippen LogP contribution is 2.47. The monoisotopic (exact) mass is 363 g/mol. The summed E-state index contributed by atoms with van der Waals surface area (Å²) in [5, 5.41) is 2.92. The average Bonchev–Trinajstić information content (AvgIpc) is 2.79. The van der Waals surface area contributed by atoms with Crippen LogP contribution in [0.25, 0.3) is 0 Å². The Hall–Kier alpha value is -2.02. The van der Waals surface area contributed by atoms with E-state index in [1.54, 1.807) is 36.0 Å². The van der Waals surface area contributed by atoms with Crippen molar-refractivity contribution in [1.29, 1.82) is 0 Å². The van der Waals surface area contributed by atoms with Gasteiger partial charge in [0.2, 0.25) is 0 Å². The molecule has 1 aliphatic carbocycles. The quantitative estimate of drug-likeness (QED) is 0.823. The summed E-state index contributed by atoms with van der Waals surface area (Å²) in [7, 11) is 0. The fourth-order valence-electron chi connectivity index (χ4n) is 3.57. The molecule has 25 heavy (non-hydrogen) atoms. The number of carbonyl (C=O) groups excluding carboxylic acids is 3. The van der Waals surface area contributed by atoms with Gasteiger partial charge >= 0.3 is 11.9 Å². The Balaban J connectivity index is 1.82. The molecule has 1 heterocycles. The van der Waals surface area contributed by atoms with Crippen LogP contribution >= 0.6 is 11.8 Å². The SMILES string of the molecule is CC(=O)O[C@@H]1CC[C@@]2(NC(=O)c3ccccc3)CS[C@@H]1[C@@H]2OC(C)=O. The highest BCUT2D eigenvalue weighted by Gasteiger charge is 2.58. The van der Waals surface area contributed by atoms with E-state index in [9.17, 15) is 14.4 Å². The van der Waals surface area contributed by atoms with Crippen molar-refractivity contribution in [2.24, 2.45) is 0 Å². The van der Waals surface area contributed by atoms with Gasteiger partial charge in [0.15, 0.2) is 0 Å². The molecule has 1 aromatic rings. The van der Waals surface area contributed by atoms with Gasteiger partial charge in [-0.15, -0.1) is 11.8 Å². The summed E-state index contributed by atoms with van der Waals surface area (Å²) < 4.78 is 11.0. The van der Waals surface area contributed by atoms with Gasteiger partial charge in [-0.05, 0) is 25.0 Å². The Morgan fingerprint density at radius 2 is 1.80 bits per heavy atom. The van der Waals surface area contributed by atoms with Crippen LogP contribution in [0.15, 0.2) is 30.3 Å². The molecule has 1 saturated carbocycles. The van der Waals surface area contributed by atoms with Crippen LogP contribution in [0.2, 0.25) is 0 Å². The maximum atomic E-state index is 12.6. The topological polar surface area (TPSA) is 81.7 Å². The van der Waals surface area contributed by atoms with E-state index >= 15 is 0 Å². The standard InChI is InChI=1S/C18H21NO5S/c1-11(20)23-14-8-9-18(10-25-15(14)16(18)24-12(2)21)19-17(22)13-6-4-3-5-7-13/h3-7,14-16H,8-10H2,1-2H3,(H,19,22)/t14-,15+,16+,18-/m1/s1. The molecule has 2 fully saturated rings. The zero-order chi connectivity index (χ0) is 18.0. The number of hydrogen-bond donors (Lipinski definition) is 1. The van der Waals surface area contributed by atoms with Crippen LogP contribution in [0.3, 0.4) is 0 Å². The highest BCUT2D eigenvalue weighted by atomic mass is 32.2. The van der Waals surface area contributed by atoms with Gasteiger partial charge in [-0.2, -0.15) is 0 Å². The third-order valence-electron chi connectivity index (χ3n) is 4.63. The van der Waals surface area contributed by atoms with Crippen LogP contribution in [0, 0.1) is 0 Å². The molecule has 3 rings (SSSR count). The highest BCUT2D eigenvalue weighted by molar-refractivity contribution is 8.00. The third-order valence-corrected chi connectivity index (χ3v) is 6.24. The Bertz CT molecular complexity index is 679. The zero-order valence-corrected chi connectivity index (χ0v) is 15.0. The molecular weight excluding hydrogens is 342 g/mol. The molecule has 0 spiro atoms. The summed E-state index contributed by atoms with van der Waals surface area (Å²) in [5.74, 6) is -0.324. The molecule has 2 bridgehead atoms. The van der Waals surface area contributed by atoms with E-state index < -0.39 is 17.6 Å². The summed E-state index contributed by atoms with van der Waals surface area (Å²) in [6.45, 7) is 2.73. The number of benzene rings is 1. The second kappa shape index (κ2) is 7.07. The van der Waals surface area contributed by atoms with Gasteiger partial charge in [0.05, 0.1) is 10.8 Å². The van der Waals surface area contributed by atoms with Crippen LogP contribution in [0.4, 0.5) is 0 Å². The number of ether oxygens (including phenoxy) is 2. The van der Waals surface area contributed by atoms with E-state index in [-0.39, 0.29) is 23.2 Å². The van der Waals surface area contributed by atoms with E-state index in [2.05, 4.69) is 5.32 Å². The third kappa shape index (κ3) is 3.66. The van der Waals surface area contributed by atoms with Gasteiger partial charge in [-0.1, -0.05) is 18.2 Å². The Labute approximate surface area is 150 Å². The lowest BCUT2D eigenvalue weighted by atomic mass is 9.78. The van der Waals surface area contributed by atoms with Crippen LogP contribution in [-0.2, 0) is 19.1 Å². The Morgan fingerprint density at radius 1 is 1.12 bits per heavy atom. The number of nitrogens with one attached hydrogen (secondary N) is 1. The fourth-order valence-corrected chi connectivity index (χ4v) is 5.33. The maximum absolute atomic E-state index is 12.6. The Morgan fingerprint density at radius 3 is 2.44 bits per heavy atom. The van der Waals surface area contributed by atoms with Crippen molar-refractivity contribution < 1.29 is 23.9 Å². The molecular formula is C18H21NO5S. The largest absolute Gasteiger partial charge is 0.461 e. The van der Waals surface area contributed by atoms with Gasteiger partial charge in [0.1, 0.15) is 12.2 Å². The zero-order valence-electron chi connectivity index (χ0n) is 14.2. The maximum Gasteiger partial charge on any atom is 0.303 e. The Kier molecular flexibility index (Phi) is 5.03. The lowest BCUT2D eigenvalue weighted by Gasteiger charge is -2.42. The van der Waals surface area contributed by atoms with Crippen molar-refractivity contribution in [2.75, 3.05) is 5.75 Å². The van der Waals surface area contributed by atoms with E-state index in [4.69, 9.17) is 9.47 Å². The van der Waals surface area contributed by atoms with Crippen molar-refractivity contribution in [2.45, 2.75) is 49.7 Å². The van der Waals surface area contributed by atoms with E-state index in [1.807, 2.05) is 6.07 Å². The van der Waals surface area contributed by atoms with Crippen LogP contribution in [0.1, 0.15) is 37.0 Å². The number of rotatable bonds is 4. The predicted molar refractivity (Wildman–Crippen MR) is 93.2 cm³/mol. The number of amides is 1. The van der Waals surface area contributed by atoms with Gasteiger partial charge < -0.3 is 14.8 Å². The summed E-state index contributed by atoms with van der Waals surface area (Å²) in [6, 6.07) is 8.95. The summed E-state index contributed by atoms with van der Waals surface area (Å²) in [4.78, 5) is 35.6. The minimum atomic E-state index is -0.634. The molecule has 1 saturated heterocycles. The first-order valence-corrected chi connectivity index (χ1v) is 9.30. The molecule has 0 unspecified atom stereocenters. The number of hydrogen-bond acceptors (Lipinski definition) is 6. The molecule has 1 aromatic carbocycles. The van der Waals surface area contributed by atoms with Crippen LogP contribution in [0.5, 0.6) is 0 Å². The van der Waals surface area contributed by atoms with Gasteiger partial charge in [-0.3, -0.25) is 14.4 Å². The van der Waals surface area contributed by atoms with E-state index in [0.717, 1.165) is 0 Å². The lowest BCUT2D eigenvalue weighted by molar-refractivity contribution is -0.159. The van der Waals surface area contributed by atoms with Crippen molar-refractivity contribution >= 4 is 29.6 Å². The fraction of sp³-hybridized carbons (Fsp3) is 0.500. The summed E-state index contributed by atoms with van der Waals surface area (Å²) in [5.41, 5.74) is -0.0705. The number of carbonyl (C=O) groups is 3. The second-order valence-corrected chi connectivity index (χ2v) is 7.63. The molecule has 2 aliphatic rings. The molecule has 1 aliphatic heterocycles. The van der Waals surface area contributed by atoms with Crippen LogP contribution < -0.4 is 5.32 Å². The molecule has 134 valence electrons. The first-order chi connectivity index (χ1) is 11.9. The molecule has 6 nitrogen and oxygen atoms in total. The molecule has 4 atom stereocenters. The predicted octanol–water partition coefficient (Wildman–Crippen LogP) is 1.93. The van der Waals surface area contributed by atoms with Crippen molar-refractivity contribution in [3.05, 3.63) is 35.9 Å². The molecule has 1 N–H and O–H groups in total.